The fourth-order valence-electron chi connectivity index (χ4n) is 2.40. The van der Waals surface area contributed by atoms with Crippen molar-refractivity contribution in [3.05, 3.63) is 24.5 Å². The molecule has 1 N–H and O–H groups in total. The molecule has 0 atom stereocenters. The van der Waals surface area contributed by atoms with E-state index in [0.29, 0.717) is 0 Å². The minimum Gasteiger partial charge on any atom is -0.371 e. The summed E-state index contributed by atoms with van der Waals surface area (Å²) in [5.41, 5.74) is 1.55. The molecule has 0 aromatic carbocycles. The summed E-state index contributed by atoms with van der Waals surface area (Å²) in [6, 6.07) is 4.21. The molecule has 0 bridgehead atoms. The lowest BCUT2D eigenvalue weighted by Crippen LogP contribution is -2.42. The Labute approximate surface area is 111 Å². The highest BCUT2D eigenvalue weighted by Gasteiger charge is 2.20. The molecule has 3 nitrogen and oxygen atoms in total. The number of anilines is 1. The first kappa shape index (κ1) is 13.3. The Bertz CT molecular complexity index is 348. The first-order valence-corrected chi connectivity index (χ1v) is 6.94. The Morgan fingerprint density at radius 3 is 2.39 bits per heavy atom. The highest BCUT2D eigenvalue weighted by Crippen LogP contribution is 2.22. The van der Waals surface area contributed by atoms with Gasteiger partial charge >= 0.3 is 0 Å². The van der Waals surface area contributed by atoms with E-state index in [4.69, 9.17) is 0 Å². The molecule has 1 aromatic rings. The molecule has 3 heteroatoms. The van der Waals surface area contributed by atoms with Gasteiger partial charge in [-0.05, 0) is 58.2 Å². The van der Waals surface area contributed by atoms with E-state index in [0.717, 1.165) is 12.5 Å². The zero-order valence-electron chi connectivity index (χ0n) is 11.8. The molecular formula is C15H25N3. The Morgan fingerprint density at radius 1 is 1.22 bits per heavy atom. The van der Waals surface area contributed by atoms with E-state index in [1.165, 1.54) is 31.6 Å². The van der Waals surface area contributed by atoms with Gasteiger partial charge in [0.1, 0.15) is 0 Å². The van der Waals surface area contributed by atoms with Gasteiger partial charge in [-0.3, -0.25) is 4.98 Å². The predicted octanol–water partition coefficient (Wildman–Crippen LogP) is 2.69. The van der Waals surface area contributed by atoms with Crippen LogP contribution in [0.5, 0.6) is 0 Å². The Morgan fingerprint density at radius 2 is 1.83 bits per heavy atom. The van der Waals surface area contributed by atoms with Crippen molar-refractivity contribution in [2.45, 2.75) is 39.2 Å². The molecule has 2 heterocycles. The minimum atomic E-state index is 0.238. The number of pyridine rings is 1. The third-order valence-corrected chi connectivity index (χ3v) is 3.56. The van der Waals surface area contributed by atoms with Crippen molar-refractivity contribution in [3.63, 3.8) is 0 Å². The Balaban J connectivity index is 1.78. The number of nitrogens with zero attached hydrogens (tertiary/aromatic N) is 2. The van der Waals surface area contributed by atoms with Crippen molar-refractivity contribution in [2.75, 3.05) is 24.5 Å². The Kier molecular flexibility index (Phi) is 4.23. The van der Waals surface area contributed by atoms with Crippen LogP contribution in [0.1, 0.15) is 33.6 Å². The van der Waals surface area contributed by atoms with Crippen LogP contribution in [-0.4, -0.2) is 30.2 Å². The van der Waals surface area contributed by atoms with Gasteiger partial charge in [-0.25, -0.2) is 0 Å². The lowest BCUT2D eigenvalue weighted by Gasteiger charge is -2.35. The summed E-state index contributed by atoms with van der Waals surface area (Å²) in [4.78, 5) is 6.54. The van der Waals surface area contributed by atoms with Crippen LogP contribution in [0, 0.1) is 5.92 Å². The molecule has 1 aromatic heterocycles. The lowest BCUT2D eigenvalue weighted by atomic mass is 9.95. The standard InChI is InChI=1S/C15H25N3/c1-15(2,3)17-12-13-6-10-18(11-7-13)14-4-8-16-9-5-14/h4-5,8-9,13,17H,6-7,10-12H2,1-3H3. The van der Waals surface area contributed by atoms with E-state index in [1.54, 1.807) is 0 Å². The Hall–Kier alpha value is -1.09. The molecule has 1 saturated heterocycles. The van der Waals surface area contributed by atoms with Crippen LogP contribution < -0.4 is 10.2 Å². The van der Waals surface area contributed by atoms with E-state index < -0.39 is 0 Å². The van der Waals surface area contributed by atoms with Gasteiger partial charge < -0.3 is 10.2 Å². The van der Waals surface area contributed by atoms with E-state index in [-0.39, 0.29) is 5.54 Å². The van der Waals surface area contributed by atoms with Crippen molar-refractivity contribution < 1.29 is 0 Å². The molecule has 1 aliphatic heterocycles. The molecule has 100 valence electrons. The molecule has 1 aliphatic rings. The molecule has 0 saturated carbocycles. The van der Waals surface area contributed by atoms with Gasteiger partial charge in [0.15, 0.2) is 0 Å². The van der Waals surface area contributed by atoms with E-state index in [1.807, 2.05) is 12.4 Å². The van der Waals surface area contributed by atoms with Gasteiger partial charge in [0.25, 0.3) is 0 Å². The van der Waals surface area contributed by atoms with Crippen molar-refractivity contribution in [3.8, 4) is 0 Å². The second-order valence-electron chi connectivity index (χ2n) is 6.27. The van der Waals surface area contributed by atoms with Crippen LogP contribution >= 0.6 is 0 Å². The van der Waals surface area contributed by atoms with Crippen LogP contribution in [-0.2, 0) is 0 Å². The zero-order valence-corrected chi connectivity index (χ0v) is 11.8. The summed E-state index contributed by atoms with van der Waals surface area (Å²) in [5.74, 6) is 0.822. The smallest absolute Gasteiger partial charge is 0.0397 e. The van der Waals surface area contributed by atoms with Crippen LogP contribution in [0.25, 0.3) is 0 Å². The summed E-state index contributed by atoms with van der Waals surface area (Å²) in [7, 11) is 0. The second kappa shape index (κ2) is 5.70. The molecule has 0 radical (unpaired) electrons. The van der Waals surface area contributed by atoms with Gasteiger partial charge in [0, 0.05) is 36.7 Å². The third kappa shape index (κ3) is 3.98. The average Bonchev–Trinajstić information content (AvgIpc) is 2.37. The number of rotatable bonds is 3. The molecule has 0 unspecified atom stereocenters. The third-order valence-electron chi connectivity index (χ3n) is 3.56. The van der Waals surface area contributed by atoms with E-state index in [2.05, 4.69) is 48.1 Å². The van der Waals surface area contributed by atoms with Crippen LogP contribution in [0.4, 0.5) is 5.69 Å². The van der Waals surface area contributed by atoms with Crippen molar-refractivity contribution in [1.82, 2.24) is 10.3 Å². The zero-order chi connectivity index (χ0) is 13.0. The maximum atomic E-state index is 4.07. The number of aromatic nitrogens is 1. The number of nitrogens with one attached hydrogen (secondary N) is 1. The van der Waals surface area contributed by atoms with Gasteiger partial charge in [-0.2, -0.15) is 0 Å². The fraction of sp³-hybridized carbons (Fsp3) is 0.667. The molecule has 0 aliphatic carbocycles. The SMILES string of the molecule is CC(C)(C)NCC1CCN(c2ccncc2)CC1. The number of piperidine rings is 1. The number of hydrogen-bond donors (Lipinski definition) is 1. The minimum absolute atomic E-state index is 0.238. The highest BCUT2D eigenvalue weighted by atomic mass is 15.1. The molecule has 0 spiro atoms. The summed E-state index contributed by atoms with van der Waals surface area (Å²) in [5, 5.41) is 3.62. The highest BCUT2D eigenvalue weighted by molar-refractivity contribution is 5.44. The van der Waals surface area contributed by atoms with Gasteiger partial charge in [-0.15, -0.1) is 0 Å². The molecular weight excluding hydrogens is 222 g/mol. The fourth-order valence-corrected chi connectivity index (χ4v) is 2.40. The first-order chi connectivity index (χ1) is 8.54. The lowest BCUT2D eigenvalue weighted by molar-refractivity contribution is 0.329. The largest absolute Gasteiger partial charge is 0.371 e. The maximum absolute atomic E-state index is 4.07. The van der Waals surface area contributed by atoms with Gasteiger partial charge in [0.2, 0.25) is 0 Å². The van der Waals surface area contributed by atoms with Gasteiger partial charge in [0.05, 0.1) is 0 Å². The summed E-state index contributed by atoms with van der Waals surface area (Å²) in [6.45, 7) is 10.2. The van der Waals surface area contributed by atoms with Crippen LogP contribution in [0.2, 0.25) is 0 Å². The van der Waals surface area contributed by atoms with E-state index in [9.17, 15) is 0 Å². The average molecular weight is 247 g/mol. The second-order valence-corrected chi connectivity index (χ2v) is 6.27. The van der Waals surface area contributed by atoms with Crippen molar-refractivity contribution >= 4 is 5.69 Å². The number of hydrogen-bond acceptors (Lipinski definition) is 3. The summed E-state index contributed by atoms with van der Waals surface area (Å²) >= 11 is 0. The molecule has 18 heavy (non-hydrogen) atoms. The quantitative estimate of drug-likeness (QED) is 0.890. The normalized spacial score (nSPS) is 18.1. The van der Waals surface area contributed by atoms with Crippen LogP contribution in [0.3, 0.4) is 0 Å². The molecule has 1 fully saturated rings. The summed E-state index contributed by atoms with van der Waals surface area (Å²) in [6.07, 6.45) is 6.32. The first-order valence-electron chi connectivity index (χ1n) is 6.94. The van der Waals surface area contributed by atoms with E-state index >= 15 is 0 Å². The monoisotopic (exact) mass is 247 g/mol. The van der Waals surface area contributed by atoms with Gasteiger partial charge in [-0.1, -0.05) is 0 Å². The van der Waals surface area contributed by atoms with Crippen molar-refractivity contribution in [2.24, 2.45) is 5.92 Å². The summed E-state index contributed by atoms with van der Waals surface area (Å²) < 4.78 is 0. The molecule has 2 rings (SSSR count). The van der Waals surface area contributed by atoms with Crippen LogP contribution in [0.15, 0.2) is 24.5 Å². The molecule has 0 amide bonds. The van der Waals surface area contributed by atoms with Crippen molar-refractivity contribution in [1.29, 1.82) is 0 Å². The predicted molar refractivity (Wildman–Crippen MR) is 76.9 cm³/mol. The topological polar surface area (TPSA) is 28.2 Å². The maximum Gasteiger partial charge on any atom is 0.0397 e.